The molecule has 2 N–H and O–H groups in total. The highest BCUT2D eigenvalue weighted by Crippen LogP contribution is 2.39. The maximum Gasteiger partial charge on any atom is 0.0995 e. The summed E-state index contributed by atoms with van der Waals surface area (Å²) in [5.74, 6) is 0. The molecule has 0 amide bonds. The zero-order chi connectivity index (χ0) is 12.6. The second-order valence-corrected chi connectivity index (χ2v) is 6.47. The Balaban J connectivity index is 2.47. The predicted octanol–water partition coefficient (Wildman–Crippen LogP) is 5.41. The fourth-order valence-electron chi connectivity index (χ4n) is 1.49. The fourth-order valence-corrected chi connectivity index (χ4v) is 3.47. The van der Waals surface area contributed by atoms with Crippen LogP contribution >= 0.6 is 57.7 Å². The Hall–Kier alpha value is 0.0400. The van der Waals surface area contributed by atoms with Crippen LogP contribution in [0.15, 0.2) is 24.3 Å². The van der Waals surface area contributed by atoms with Crippen molar-refractivity contribution in [1.29, 1.82) is 0 Å². The lowest BCUT2D eigenvalue weighted by Gasteiger charge is -2.13. The normalized spacial score (nSPS) is 12.8. The molecule has 1 aromatic heterocycles. The van der Waals surface area contributed by atoms with Crippen LogP contribution in [0.3, 0.4) is 0 Å². The molecule has 0 fully saturated rings. The van der Waals surface area contributed by atoms with E-state index in [9.17, 15) is 0 Å². The highest BCUT2D eigenvalue weighted by molar-refractivity contribution is 7.20. The summed E-state index contributed by atoms with van der Waals surface area (Å²) < 4.78 is 1.16. The fraction of sp³-hybridized carbons (Fsp3) is 0.0909. The van der Waals surface area contributed by atoms with Gasteiger partial charge in [0, 0.05) is 5.56 Å². The molecule has 1 heterocycles. The number of benzene rings is 1. The predicted molar refractivity (Wildman–Crippen MR) is 76.8 cm³/mol. The Morgan fingerprint density at radius 1 is 1.06 bits per heavy atom. The van der Waals surface area contributed by atoms with Crippen LogP contribution in [0.2, 0.25) is 18.7 Å². The summed E-state index contributed by atoms with van der Waals surface area (Å²) in [6.07, 6.45) is 0. The molecule has 2 aromatic rings. The Labute approximate surface area is 123 Å². The number of thiophene rings is 1. The summed E-state index contributed by atoms with van der Waals surface area (Å²) in [7, 11) is 0. The van der Waals surface area contributed by atoms with E-state index in [2.05, 4.69) is 0 Å². The third-order valence-corrected chi connectivity index (χ3v) is 4.69. The van der Waals surface area contributed by atoms with Gasteiger partial charge in [-0.05, 0) is 17.7 Å². The van der Waals surface area contributed by atoms with Crippen molar-refractivity contribution >= 4 is 57.7 Å². The van der Waals surface area contributed by atoms with E-state index in [4.69, 9.17) is 52.1 Å². The molecule has 0 radical (unpaired) electrons. The molecule has 90 valence electrons. The van der Waals surface area contributed by atoms with E-state index < -0.39 is 6.04 Å². The molecule has 17 heavy (non-hydrogen) atoms. The Bertz CT molecular complexity index is 552. The number of hydrogen-bond donors (Lipinski definition) is 1. The van der Waals surface area contributed by atoms with Gasteiger partial charge in [-0.1, -0.05) is 58.5 Å². The highest BCUT2D eigenvalue weighted by Gasteiger charge is 2.18. The highest BCUT2D eigenvalue weighted by atomic mass is 35.5. The molecule has 0 aliphatic rings. The molecule has 2 rings (SSSR count). The van der Waals surface area contributed by atoms with Gasteiger partial charge in [-0.15, -0.1) is 11.3 Å². The van der Waals surface area contributed by atoms with E-state index in [1.165, 1.54) is 11.3 Å². The van der Waals surface area contributed by atoms with E-state index in [1.54, 1.807) is 18.2 Å². The van der Waals surface area contributed by atoms with Crippen LogP contribution in [0.4, 0.5) is 0 Å². The third kappa shape index (κ3) is 2.73. The van der Waals surface area contributed by atoms with Crippen LogP contribution in [0.1, 0.15) is 17.2 Å². The van der Waals surface area contributed by atoms with Gasteiger partial charge in [0.25, 0.3) is 0 Å². The molecule has 0 aliphatic carbocycles. The first-order valence-electron chi connectivity index (χ1n) is 4.65. The summed E-state index contributed by atoms with van der Waals surface area (Å²) in [5.41, 5.74) is 7.61. The number of rotatable bonds is 2. The maximum atomic E-state index is 6.12. The molecular formula is C11H7Cl4NS. The van der Waals surface area contributed by atoms with Crippen LogP contribution in [0.5, 0.6) is 0 Å². The summed E-state index contributed by atoms with van der Waals surface area (Å²) in [5, 5.41) is 0.914. The quantitative estimate of drug-likeness (QED) is 0.784. The lowest BCUT2D eigenvalue weighted by Crippen LogP contribution is -2.12. The number of hydrogen-bond acceptors (Lipinski definition) is 2. The summed E-state index contributed by atoms with van der Waals surface area (Å²) in [6.45, 7) is 0. The molecule has 1 atom stereocenters. The van der Waals surface area contributed by atoms with Gasteiger partial charge in [0.2, 0.25) is 0 Å². The molecule has 0 saturated carbocycles. The molecule has 1 unspecified atom stereocenters. The van der Waals surface area contributed by atoms with E-state index in [0.717, 1.165) is 11.1 Å². The molecular weight excluding hydrogens is 320 g/mol. The number of nitrogens with two attached hydrogens (primary N) is 1. The van der Waals surface area contributed by atoms with Crippen LogP contribution < -0.4 is 5.73 Å². The Morgan fingerprint density at radius 2 is 1.76 bits per heavy atom. The van der Waals surface area contributed by atoms with Crippen LogP contribution in [-0.4, -0.2) is 0 Å². The molecule has 0 bridgehead atoms. The molecule has 1 nitrogen and oxygen atoms in total. The zero-order valence-electron chi connectivity index (χ0n) is 8.38. The van der Waals surface area contributed by atoms with Crippen molar-refractivity contribution in [3.05, 3.63) is 54.1 Å². The SMILES string of the molecule is NC(c1cc(Cl)sc1Cl)c1cccc(Cl)c1Cl. The lowest BCUT2D eigenvalue weighted by molar-refractivity contribution is 0.877. The monoisotopic (exact) mass is 325 g/mol. The number of halogens is 4. The first-order chi connectivity index (χ1) is 8.00. The van der Waals surface area contributed by atoms with Crippen LogP contribution in [-0.2, 0) is 0 Å². The first kappa shape index (κ1) is 13.5. The largest absolute Gasteiger partial charge is 0.320 e. The van der Waals surface area contributed by atoms with Crippen molar-refractivity contribution < 1.29 is 0 Å². The van der Waals surface area contributed by atoms with Crippen molar-refractivity contribution in [3.8, 4) is 0 Å². The summed E-state index contributed by atoms with van der Waals surface area (Å²) in [6, 6.07) is 6.64. The second kappa shape index (κ2) is 5.35. The zero-order valence-corrected chi connectivity index (χ0v) is 12.2. The molecule has 1 aromatic carbocycles. The molecule has 0 aliphatic heterocycles. The van der Waals surface area contributed by atoms with Crippen molar-refractivity contribution in [2.24, 2.45) is 5.73 Å². The van der Waals surface area contributed by atoms with Gasteiger partial charge >= 0.3 is 0 Å². The smallest absolute Gasteiger partial charge is 0.0995 e. The summed E-state index contributed by atoms with van der Waals surface area (Å²) in [4.78, 5) is 0. The van der Waals surface area contributed by atoms with Gasteiger partial charge in [0.15, 0.2) is 0 Å². The minimum Gasteiger partial charge on any atom is -0.320 e. The second-order valence-electron chi connectivity index (χ2n) is 3.40. The van der Waals surface area contributed by atoms with Crippen molar-refractivity contribution in [3.63, 3.8) is 0 Å². The average molecular weight is 327 g/mol. The minimum atomic E-state index is -0.433. The Kier molecular flexibility index (Phi) is 4.24. The topological polar surface area (TPSA) is 26.0 Å². The van der Waals surface area contributed by atoms with E-state index in [-0.39, 0.29) is 0 Å². The van der Waals surface area contributed by atoms with Gasteiger partial charge < -0.3 is 5.73 Å². The lowest BCUT2D eigenvalue weighted by atomic mass is 10.0. The van der Waals surface area contributed by atoms with E-state index in [1.807, 2.05) is 6.07 Å². The first-order valence-corrected chi connectivity index (χ1v) is 6.97. The third-order valence-electron chi connectivity index (χ3n) is 2.33. The molecule has 0 spiro atoms. The minimum absolute atomic E-state index is 0.433. The molecule has 6 heteroatoms. The van der Waals surface area contributed by atoms with Gasteiger partial charge in [-0.3, -0.25) is 0 Å². The van der Waals surface area contributed by atoms with Crippen molar-refractivity contribution in [2.45, 2.75) is 6.04 Å². The molecule has 0 saturated heterocycles. The van der Waals surface area contributed by atoms with Gasteiger partial charge in [-0.25, -0.2) is 0 Å². The van der Waals surface area contributed by atoms with Crippen LogP contribution in [0.25, 0.3) is 0 Å². The van der Waals surface area contributed by atoms with Crippen LogP contribution in [0, 0.1) is 0 Å². The standard InChI is InChI=1S/C11H7Cl4NS/c12-7-3-1-2-5(9(7)14)10(16)6-4-8(13)17-11(6)15/h1-4,10H,16H2. The van der Waals surface area contributed by atoms with Gasteiger partial charge in [-0.2, -0.15) is 0 Å². The van der Waals surface area contributed by atoms with E-state index in [0.29, 0.717) is 18.7 Å². The van der Waals surface area contributed by atoms with E-state index >= 15 is 0 Å². The van der Waals surface area contributed by atoms with Gasteiger partial charge in [0.05, 0.1) is 24.8 Å². The van der Waals surface area contributed by atoms with Gasteiger partial charge in [0.1, 0.15) is 0 Å². The van der Waals surface area contributed by atoms with Crippen molar-refractivity contribution in [2.75, 3.05) is 0 Å². The Morgan fingerprint density at radius 3 is 2.35 bits per heavy atom. The summed E-state index contributed by atoms with van der Waals surface area (Å²) >= 11 is 25.3. The maximum absolute atomic E-state index is 6.12. The average Bonchev–Trinajstić information content (AvgIpc) is 2.61. The van der Waals surface area contributed by atoms with Crippen molar-refractivity contribution in [1.82, 2.24) is 0 Å².